The minimum Gasteiger partial charge on any atom is -0.440 e. The molecule has 0 aromatic carbocycles. The molecule has 2 N–H and O–H groups in total. The first-order valence-electron chi connectivity index (χ1n) is 5.10. The summed E-state index contributed by atoms with van der Waals surface area (Å²) in [5, 5.41) is 1.26. The zero-order chi connectivity index (χ0) is 9.97. The SMILES string of the molecule is Cc1coc(SC2CCCCC2N)n1. The van der Waals surface area contributed by atoms with Crippen LogP contribution in [0.5, 0.6) is 0 Å². The molecule has 2 unspecified atom stereocenters. The molecule has 1 aliphatic rings. The first-order valence-corrected chi connectivity index (χ1v) is 5.98. The molecular weight excluding hydrogens is 196 g/mol. The summed E-state index contributed by atoms with van der Waals surface area (Å²) in [7, 11) is 0. The highest BCUT2D eigenvalue weighted by molar-refractivity contribution is 7.99. The summed E-state index contributed by atoms with van der Waals surface area (Å²) >= 11 is 1.69. The second-order valence-electron chi connectivity index (χ2n) is 3.86. The smallest absolute Gasteiger partial charge is 0.256 e. The van der Waals surface area contributed by atoms with Crippen LogP contribution in [-0.2, 0) is 0 Å². The van der Waals surface area contributed by atoms with Crippen molar-refractivity contribution in [3.63, 3.8) is 0 Å². The van der Waals surface area contributed by atoms with E-state index < -0.39 is 0 Å². The van der Waals surface area contributed by atoms with E-state index in [0.29, 0.717) is 11.3 Å². The Balaban J connectivity index is 1.95. The van der Waals surface area contributed by atoms with Gasteiger partial charge in [0.25, 0.3) is 5.22 Å². The van der Waals surface area contributed by atoms with E-state index in [1.807, 2.05) is 6.92 Å². The number of thioether (sulfide) groups is 1. The Morgan fingerprint density at radius 2 is 2.29 bits per heavy atom. The van der Waals surface area contributed by atoms with Crippen molar-refractivity contribution < 1.29 is 4.42 Å². The summed E-state index contributed by atoms with van der Waals surface area (Å²) in [5.74, 6) is 0. The van der Waals surface area contributed by atoms with Gasteiger partial charge in [0.1, 0.15) is 6.26 Å². The lowest BCUT2D eigenvalue weighted by atomic mass is 9.96. The molecule has 1 heterocycles. The third kappa shape index (κ3) is 2.30. The lowest BCUT2D eigenvalue weighted by Crippen LogP contribution is -2.35. The predicted molar refractivity (Wildman–Crippen MR) is 57.3 cm³/mol. The van der Waals surface area contributed by atoms with Crippen LogP contribution < -0.4 is 5.73 Å². The van der Waals surface area contributed by atoms with Crippen LogP contribution in [0.3, 0.4) is 0 Å². The van der Waals surface area contributed by atoms with E-state index in [2.05, 4.69) is 4.98 Å². The Morgan fingerprint density at radius 3 is 2.93 bits per heavy atom. The molecule has 0 radical (unpaired) electrons. The van der Waals surface area contributed by atoms with Gasteiger partial charge in [-0.15, -0.1) is 0 Å². The average Bonchev–Trinajstić information content (AvgIpc) is 2.56. The van der Waals surface area contributed by atoms with Crippen molar-refractivity contribution in [2.75, 3.05) is 0 Å². The number of nitrogens with zero attached hydrogens (tertiary/aromatic N) is 1. The van der Waals surface area contributed by atoms with Crippen molar-refractivity contribution in [1.82, 2.24) is 4.98 Å². The standard InChI is InChI=1S/C10H16N2OS/c1-7-6-13-10(12-7)14-9-5-3-2-4-8(9)11/h6,8-9H,2-5,11H2,1H3. The molecule has 1 aromatic heterocycles. The van der Waals surface area contributed by atoms with Crippen molar-refractivity contribution in [3.05, 3.63) is 12.0 Å². The molecule has 3 nitrogen and oxygen atoms in total. The molecule has 14 heavy (non-hydrogen) atoms. The van der Waals surface area contributed by atoms with Crippen LogP contribution in [0.4, 0.5) is 0 Å². The van der Waals surface area contributed by atoms with Gasteiger partial charge in [-0.2, -0.15) is 0 Å². The Bertz CT molecular complexity index is 300. The van der Waals surface area contributed by atoms with Crippen molar-refractivity contribution in [1.29, 1.82) is 0 Å². The second kappa shape index (κ2) is 4.36. The number of oxazole rings is 1. The van der Waals surface area contributed by atoms with Crippen LogP contribution in [0.15, 0.2) is 15.9 Å². The fourth-order valence-corrected chi connectivity index (χ4v) is 2.94. The van der Waals surface area contributed by atoms with Crippen LogP contribution in [0, 0.1) is 6.92 Å². The molecule has 1 aliphatic carbocycles. The van der Waals surface area contributed by atoms with Gasteiger partial charge in [-0.05, 0) is 19.8 Å². The largest absolute Gasteiger partial charge is 0.440 e. The van der Waals surface area contributed by atoms with Gasteiger partial charge < -0.3 is 10.2 Å². The zero-order valence-electron chi connectivity index (χ0n) is 8.40. The third-order valence-corrected chi connectivity index (χ3v) is 3.88. The number of nitrogens with two attached hydrogens (primary N) is 1. The van der Waals surface area contributed by atoms with Gasteiger partial charge in [0.15, 0.2) is 0 Å². The van der Waals surface area contributed by atoms with Crippen LogP contribution >= 0.6 is 11.8 Å². The van der Waals surface area contributed by atoms with Crippen LogP contribution in [0.2, 0.25) is 0 Å². The fourth-order valence-electron chi connectivity index (χ4n) is 1.79. The molecule has 1 saturated carbocycles. The van der Waals surface area contributed by atoms with E-state index in [-0.39, 0.29) is 0 Å². The number of aromatic nitrogens is 1. The molecule has 0 spiro atoms. The lowest BCUT2D eigenvalue weighted by molar-refractivity contribution is 0.432. The predicted octanol–water partition coefficient (Wildman–Crippen LogP) is 2.35. The van der Waals surface area contributed by atoms with Crippen LogP contribution in [0.25, 0.3) is 0 Å². The third-order valence-electron chi connectivity index (χ3n) is 2.60. The van der Waals surface area contributed by atoms with E-state index in [1.165, 1.54) is 19.3 Å². The highest BCUT2D eigenvalue weighted by Crippen LogP contribution is 2.32. The first kappa shape index (κ1) is 10.1. The molecule has 4 heteroatoms. The van der Waals surface area contributed by atoms with Gasteiger partial charge in [-0.3, -0.25) is 0 Å². The van der Waals surface area contributed by atoms with Gasteiger partial charge in [0, 0.05) is 11.3 Å². The van der Waals surface area contributed by atoms with Gasteiger partial charge >= 0.3 is 0 Å². The summed E-state index contributed by atoms with van der Waals surface area (Å²) in [5.41, 5.74) is 6.98. The minimum absolute atomic E-state index is 0.306. The monoisotopic (exact) mass is 212 g/mol. The summed E-state index contributed by atoms with van der Waals surface area (Å²) in [6, 6.07) is 0.306. The topological polar surface area (TPSA) is 52.0 Å². The van der Waals surface area contributed by atoms with E-state index in [4.69, 9.17) is 10.2 Å². The number of hydrogen-bond acceptors (Lipinski definition) is 4. The Kier molecular flexibility index (Phi) is 3.13. The summed E-state index contributed by atoms with van der Waals surface area (Å²) in [4.78, 5) is 4.28. The molecule has 0 amide bonds. The molecule has 78 valence electrons. The molecule has 1 aromatic rings. The quantitative estimate of drug-likeness (QED) is 0.817. The van der Waals surface area contributed by atoms with Crippen LogP contribution in [-0.4, -0.2) is 16.3 Å². The molecule has 0 saturated heterocycles. The highest BCUT2D eigenvalue weighted by atomic mass is 32.2. The summed E-state index contributed by atoms with van der Waals surface area (Å²) < 4.78 is 5.31. The maximum Gasteiger partial charge on any atom is 0.256 e. The van der Waals surface area contributed by atoms with Crippen molar-refractivity contribution in [3.8, 4) is 0 Å². The Labute approximate surface area is 88.5 Å². The molecule has 0 bridgehead atoms. The number of rotatable bonds is 2. The number of hydrogen-bond donors (Lipinski definition) is 1. The van der Waals surface area contributed by atoms with Crippen LogP contribution in [0.1, 0.15) is 31.4 Å². The van der Waals surface area contributed by atoms with E-state index in [1.54, 1.807) is 18.0 Å². The normalized spacial score (nSPS) is 27.9. The van der Waals surface area contributed by atoms with Gasteiger partial charge in [-0.1, -0.05) is 24.6 Å². The molecular formula is C10H16N2OS. The maximum atomic E-state index is 6.04. The second-order valence-corrected chi connectivity index (χ2v) is 5.05. The van der Waals surface area contributed by atoms with E-state index in [9.17, 15) is 0 Å². The summed E-state index contributed by atoms with van der Waals surface area (Å²) in [6.07, 6.45) is 6.56. The van der Waals surface area contributed by atoms with Crippen molar-refractivity contribution in [2.45, 2.75) is 49.1 Å². The van der Waals surface area contributed by atoms with E-state index in [0.717, 1.165) is 17.3 Å². The lowest BCUT2D eigenvalue weighted by Gasteiger charge is -2.26. The van der Waals surface area contributed by atoms with Crippen molar-refractivity contribution in [2.24, 2.45) is 5.73 Å². The number of aryl methyl sites for hydroxylation is 1. The van der Waals surface area contributed by atoms with E-state index >= 15 is 0 Å². The average molecular weight is 212 g/mol. The molecule has 0 aliphatic heterocycles. The summed E-state index contributed by atoms with van der Waals surface area (Å²) in [6.45, 7) is 1.94. The Morgan fingerprint density at radius 1 is 1.50 bits per heavy atom. The first-order chi connectivity index (χ1) is 6.75. The van der Waals surface area contributed by atoms with Gasteiger partial charge in [-0.25, -0.2) is 4.98 Å². The zero-order valence-corrected chi connectivity index (χ0v) is 9.22. The van der Waals surface area contributed by atoms with Crippen molar-refractivity contribution >= 4 is 11.8 Å². The Hall–Kier alpha value is -0.480. The van der Waals surface area contributed by atoms with Gasteiger partial charge in [0.2, 0.25) is 0 Å². The molecule has 2 atom stereocenters. The fraction of sp³-hybridized carbons (Fsp3) is 0.700. The maximum absolute atomic E-state index is 6.04. The molecule has 1 fully saturated rings. The minimum atomic E-state index is 0.306. The molecule has 2 rings (SSSR count). The highest BCUT2D eigenvalue weighted by Gasteiger charge is 2.24. The van der Waals surface area contributed by atoms with Gasteiger partial charge in [0.05, 0.1) is 5.69 Å².